The number of halogens is 3. The van der Waals surface area contributed by atoms with Crippen LogP contribution in [0.15, 0.2) is 48.0 Å². The number of H-pyrrole nitrogens is 1. The third-order valence-electron chi connectivity index (χ3n) is 6.09. The van der Waals surface area contributed by atoms with Gasteiger partial charge in [-0.05, 0) is 100.0 Å². The molecule has 1 heterocycles. The second-order valence-corrected chi connectivity index (χ2v) is 9.68. The lowest BCUT2D eigenvalue weighted by Gasteiger charge is -2.16. The number of imidazole rings is 1. The summed E-state index contributed by atoms with van der Waals surface area (Å²) in [7, 11) is 2.00. The Kier molecular flexibility index (Phi) is 7.14. The lowest BCUT2D eigenvalue weighted by molar-refractivity contribution is -0.0691. The fraction of sp³-hybridized carbons (Fsp3) is 0.400. The lowest BCUT2D eigenvalue weighted by atomic mass is 9.89. The monoisotopic (exact) mass is 551 g/mol. The molecule has 2 aromatic carbocycles. The van der Waals surface area contributed by atoms with Crippen molar-refractivity contribution in [3.8, 4) is 17.1 Å². The highest BCUT2D eigenvalue weighted by Crippen LogP contribution is 2.35. The second kappa shape index (κ2) is 9.87. The summed E-state index contributed by atoms with van der Waals surface area (Å²) in [5, 5.41) is 3.24. The van der Waals surface area contributed by atoms with Crippen LogP contribution in [0.25, 0.3) is 22.4 Å². The van der Waals surface area contributed by atoms with Crippen LogP contribution in [0, 0.1) is 6.92 Å². The van der Waals surface area contributed by atoms with Crippen molar-refractivity contribution in [3.05, 3.63) is 59.2 Å². The van der Waals surface area contributed by atoms with E-state index in [1.165, 1.54) is 24.1 Å². The number of nitrogens with one attached hydrogen (secondary N) is 2. The number of ether oxygens (including phenoxy) is 1. The molecule has 0 saturated carbocycles. The van der Waals surface area contributed by atoms with Crippen LogP contribution in [0.1, 0.15) is 49.1 Å². The number of fused-ring (bicyclic) bond motifs is 1. The molecule has 7 heteroatoms. The first kappa shape index (κ1) is 23.2. The van der Waals surface area contributed by atoms with Crippen LogP contribution in [0.3, 0.4) is 0 Å². The Labute approximate surface area is 201 Å². The fourth-order valence-electron chi connectivity index (χ4n) is 4.45. The van der Waals surface area contributed by atoms with E-state index in [4.69, 9.17) is 4.98 Å². The van der Waals surface area contributed by atoms with E-state index in [1.807, 2.05) is 7.05 Å². The molecule has 0 saturated heterocycles. The highest BCUT2D eigenvalue weighted by atomic mass is 127. The molecule has 2 N–H and O–H groups in total. The highest BCUT2D eigenvalue weighted by molar-refractivity contribution is 14.1. The maximum Gasteiger partial charge on any atom is 0.451 e. The summed E-state index contributed by atoms with van der Waals surface area (Å²) in [6.07, 6.45) is 8.17. The van der Waals surface area contributed by atoms with Gasteiger partial charge >= 0.3 is 4.12 Å². The number of aromatic nitrogens is 2. The quantitative estimate of drug-likeness (QED) is 0.187. The first-order valence-corrected chi connectivity index (χ1v) is 12.1. The molecule has 32 heavy (non-hydrogen) atoms. The fourth-order valence-corrected chi connectivity index (χ4v) is 4.70. The summed E-state index contributed by atoms with van der Waals surface area (Å²) in [5.74, 6) is 1.39. The van der Waals surface area contributed by atoms with E-state index in [0.29, 0.717) is 5.92 Å². The van der Waals surface area contributed by atoms with Crippen LogP contribution in [-0.4, -0.2) is 27.7 Å². The Morgan fingerprint density at radius 3 is 2.72 bits per heavy atom. The second-order valence-electron chi connectivity index (χ2n) is 8.42. The molecule has 1 aliphatic rings. The smallest absolute Gasteiger partial charge is 0.425 e. The van der Waals surface area contributed by atoms with E-state index in [0.717, 1.165) is 82.8 Å². The predicted octanol–water partition coefficient (Wildman–Crippen LogP) is 7.10. The molecule has 0 radical (unpaired) electrons. The zero-order valence-electron chi connectivity index (χ0n) is 18.4. The van der Waals surface area contributed by atoms with Crippen molar-refractivity contribution in [1.82, 2.24) is 15.3 Å². The maximum absolute atomic E-state index is 13.0. The number of rotatable bonds is 7. The van der Waals surface area contributed by atoms with Crippen molar-refractivity contribution in [3.63, 3.8) is 0 Å². The average molecular weight is 551 g/mol. The van der Waals surface area contributed by atoms with Crippen LogP contribution in [0.5, 0.6) is 5.75 Å². The SMILES string of the molecule is CNCCC1=CCCC(c2cc(C)c3nc(-c4ccc(OC(F)(F)I)cc4)[nH]c3c2)CC1. The van der Waals surface area contributed by atoms with E-state index >= 15 is 0 Å². The Morgan fingerprint density at radius 2 is 2.00 bits per heavy atom. The van der Waals surface area contributed by atoms with Crippen molar-refractivity contribution in [2.45, 2.75) is 49.1 Å². The number of benzene rings is 2. The van der Waals surface area contributed by atoms with Crippen LogP contribution in [0.2, 0.25) is 0 Å². The minimum absolute atomic E-state index is 0.124. The topological polar surface area (TPSA) is 49.9 Å². The highest BCUT2D eigenvalue weighted by Gasteiger charge is 2.26. The van der Waals surface area contributed by atoms with Crippen molar-refractivity contribution in [2.24, 2.45) is 0 Å². The van der Waals surface area contributed by atoms with E-state index in [-0.39, 0.29) is 5.75 Å². The van der Waals surface area contributed by atoms with Gasteiger partial charge in [-0.1, -0.05) is 17.7 Å². The summed E-state index contributed by atoms with van der Waals surface area (Å²) in [4.78, 5) is 8.20. The van der Waals surface area contributed by atoms with Gasteiger partial charge in [-0.25, -0.2) is 4.98 Å². The predicted molar refractivity (Wildman–Crippen MR) is 134 cm³/mol. The minimum atomic E-state index is -3.23. The van der Waals surface area contributed by atoms with Gasteiger partial charge in [0.1, 0.15) is 11.6 Å². The lowest BCUT2D eigenvalue weighted by Crippen LogP contribution is -2.14. The maximum atomic E-state index is 13.0. The van der Waals surface area contributed by atoms with E-state index < -0.39 is 4.12 Å². The summed E-state index contributed by atoms with van der Waals surface area (Å²) in [5.41, 5.74) is 6.88. The van der Waals surface area contributed by atoms with Gasteiger partial charge in [0, 0.05) is 5.56 Å². The molecule has 4 nitrogen and oxygen atoms in total. The average Bonchev–Trinajstić information content (AvgIpc) is 3.04. The van der Waals surface area contributed by atoms with Crippen molar-refractivity contribution in [1.29, 1.82) is 0 Å². The first-order valence-electron chi connectivity index (χ1n) is 11.0. The molecule has 1 aliphatic carbocycles. The molecule has 0 fully saturated rings. The van der Waals surface area contributed by atoms with Gasteiger partial charge in [0.15, 0.2) is 0 Å². The molecule has 1 aromatic heterocycles. The number of aromatic amines is 1. The first-order chi connectivity index (χ1) is 15.3. The van der Waals surface area contributed by atoms with E-state index in [1.54, 1.807) is 17.7 Å². The molecule has 4 rings (SSSR count). The molecule has 0 aliphatic heterocycles. The van der Waals surface area contributed by atoms with E-state index in [2.05, 4.69) is 40.2 Å². The molecule has 170 valence electrons. The third kappa shape index (κ3) is 5.67. The van der Waals surface area contributed by atoms with Gasteiger partial charge < -0.3 is 15.0 Å². The molecule has 3 aromatic rings. The number of hydrogen-bond acceptors (Lipinski definition) is 3. The summed E-state index contributed by atoms with van der Waals surface area (Å²) < 4.78 is 27.5. The van der Waals surface area contributed by atoms with Gasteiger partial charge in [0.05, 0.1) is 33.6 Å². The zero-order valence-corrected chi connectivity index (χ0v) is 20.5. The summed E-state index contributed by atoms with van der Waals surface area (Å²) >= 11 is 0.964. The Balaban J connectivity index is 1.54. The van der Waals surface area contributed by atoms with Crippen LogP contribution in [0.4, 0.5) is 8.78 Å². The van der Waals surface area contributed by atoms with Crippen LogP contribution >= 0.6 is 22.6 Å². The van der Waals surface area contributed by atoms with Gasteiger partial charge in [0.2, 0.25) is 0 Å². The Morgan fingerprint density at radius 1 is 1.22 bits per heavy atom. The molecule has 0 amide bonds. The number of hydrogen-bond donors (Lipinski definition) is 2. The number of allylic oxidation sites excluding steroid dienone is 1. The number of aryl methyl sites for hydroxylation is 1. The van der Waals surface area contributed by atoms with Crippen LogP contribution < -0.4 is 10.1 Å². The minimum Gasteiger partial charge on any atom is -0.425 e. The van der Waals surface area contributed by atoms with Crippen molar-refractivity contribution < 1.29 is 13.5 Å². The van der Waals surface area contributed by atoms with Crippen molar-refractivity contribution in [2.75, 3.05) is 13.6 Å². The van der Waals surface area contributed by atoms with E-state index in [9.17, 15) is 8.78 Å². The third-order valence-corrected chi connectivity index (χ3v) is 6.31. The van der Waals surface area contributed by atoms with Gasteiger partial charge in [0.25, 0.3) is 0 Å². The zero-order chi connectivity index (χ0) is 22.7. The normalized spacial score (nSPS) is 17.3. The van der Waals surface area contributed by atoms with Crippen LogP contribution in [-0.2, 0) is 0 Å². The van der Waals surface area contributed by atoms with Gasteiger partial charge in [-0.15, -0.1) is 0 Å². The molecule has 0 bridgehead atoms. The summed E-state index contributed by atoms with van der Waals surface area (Å²) in [6, 6.07) is 11.1. The number of alkyl halides is 3. The standard InChI is InChI=1S/C25H28F2IN3O/c1-16-14-20(18-5-3-4-17(6-7-18)12-13-29-2)15-22-23(16)31-24(30-22)19-8-10-21(11-9-19)32-25(26,27)28/h4,8-11,14-15,18,29H,3,5-7,12-13H2,1-2H3,(H,30,31). The summed E-state index contributed by atoms with van der Waals surface area (Å²) in [6.45, 7) is 3.13. The molecule has 0 spiro atoms. The van der Waals surface area contributed by atoms with Gasteiger partial charge in [-0.3, -0.25) is 0 Å². The molecular weight excluding hydrogens is 523 g/mol. The number of nitrogens with zero attached hydrogens (tertiary/aromatic N) is 1. The Bertz CT molecular complexity index is 1100. The Hall–Kier alpha value is -2.00. The molecule has 1 unspecified atom stereocenters. The molecular formula is C25H28F2IN3O. The largest absolute Gasteiger partial charge is 0.451 e. The molecule has 1 atom stereocenters. The van der Waals surface area contributed by atoms with Crippen molar-refractivity contribution >= 4 is 33.6 Å². The van der Waals surface area contributed by atoms with Gasteiger partial charge in [-0.2, -0.15) is 8.78 Å².